The molecule has 0 atom stereocenters. The van der Waals surface area contributed by atoms with Gasteiger partial charge in [-0.1, -0.05) is 24.3 Å². The number of benzene rings is 1. The van der Waals surface area contributed by atoms with E-state index < -0.39 is 0 Å². The van der Waals surface area contributed by atoms with Crippen LogP contribution in [0.1, 0.15) is 6.42 Å². The van der Waals surface area contributed by atoms with Gasteiger partial charge >= 0.3 is 0 Å². The number of allylic oxidation sites excluding steroid dienone is 3. The second kappa shape index (κ2) is 3.94. The third-order valence-electron chi connectivity index (χ3n) is 1.83. The molecule has 0 saturated heterocycles. The summed E-state index contributed by atoms with van der Waals surface area (Å²) in [6.45, 7) is 0. The third-order valence-corrected chi connectivity index (χ3v) is 1.83. The summed E-state index contributed by atoms with van der Waals surface area (Å²) < 4.78 is 5.61. The van der Waals surface area contributed by atoms with E-state index in [0.717, 1.165) is 17.9 Å². The van der Waals surface area contributed by atoms with Crippen molar-refractivity contribution < 1.29 is 4.74 Å². The molecule has 1 nitrogen and oxygen atoms in total. The van der Waals surface area contributed by atoms with Gasteiger partial charge in [-0.3, -0.25) is 0 Å². The molecule has 1 aliphatic rings. The van der Waals surface area contributed by atoms with Crippen LogP contribution in [0.3, 0.4) is 0 Å². The minimum absolute atomic E-state index is 0.889. The highest BCUT2D eigenvalue weighted by Gasteiger charge is 1.98. The zero-order chi connectivity index (χ0) is 8.93. The second-order valence-corrected chi connectivity index (χ2v) is 2.85. The van der Waals surface area contributed by atoms with Crippen LogP contribution in [0.15, 0.2) is 54.3 Å². The van der Waals surface area contributed by atoms with Gasteiger partial charge in [-0.15, -0.1) is 0 Å². The van der Waals surface area contributed by atoms with Crippen LogP contribution in [0, 0.1) is 6.42 Å². The molecule has 0 heterocycles. The summed E-state index contributed by atoms with van der Waals surface area (Å²) in [6.07, 6.45) is 9.10. The van der Waals surface area contributed by atoms with Gasteiger partial charge in [0.2, 0.25) is 0 Å². The van der Waals surface area contributed by atoms with Gasteiger partial charge in [0.25, 0.3) is 0 Å². The lowest BCUT2D eigenvalue weighted by Gasteiger charge is -2.08. The van der Waals surface area contributed by atoms with E-state index in [4.69, 9.17) is 4.74 Å². The van der Waals surface area contributed by atoms with E-state index in [-0.39, 0.29) is 0 Å². The largest absolute Gasteiger partial charge is 0.458 e. The third kappa shape index (κ3) is 2.22. The Morgan fingerprint density at radius 2 is 1.92 bits per heavy atom. The predicted octanol–water partition coefficient (Wildman–Crippen LogP) is 3.11. The molecule has 0 aliphatic heterocycles. The number of rotatable bonds is 2. The Kier molecular flexibility index (Phi) is 2.46. The van der Waals surface area contributed by atoms with E-state index in [1.807, 2.05) is 42.5 Å². The highest BCUT2D eigenvalue weighted by molar-refractivity contribution is 5.29. The highest BCUT2D eigenvalue weighted by Crippen LogP contribution is 2.16. The first-order valence-electron chi connectivity index (χ1n) is 4.38. The van der Waals surface area contributed by atoms with Crippen molar-refractivity contribution in [1.29, 1.82) is 0 Å². The van der Waals surface area contributed by atoms with Crippen molar-refractivity contribution in [1.82, 2.24) is 0 Å². The molecule has 0 unspecified atom stereocenters. The second-order valence-electron chi connectivity index (χ2n) is 2.85. The van der Waals surface area contributed by atoms with Gasteiger partial charge < -0.3 is 4.74 Å². The number of hydrogen-bond acceptors (Lipinski definition) is 1. The number of hydrogen-bond donors (Lipinski definition) is 0. The van der Waals surface area contributed by atoms with Gasteiger partial charge in [-0.2, -0.15) is 0 Å². The van der Waals surface area contributed by atoms with Gasteiger partial charge in [0.05, 0.1) is 0 Å². The van der Waals surface area contributed by atoms with Gasteiger partial charge in [0, 0.05) is 0 Å². The fourth-order valence-corrected chi connectivity index (χ4v) is 1.19. The lowest BCUT2D eigenvalue weighted by Crippen LogP contribution is -1.94. The zero-order valence-corrected chi connectivity index (χ0v) is 7.31. The van der Waals surface area contributed by atoms with Crippen LogP contribution in [0.2, 0.25) is 0 Å². The molecule has 65 valence electrons. The van der Waals surface area contributed by atoms with Crippen LogP contribution >= 0.6 is 0 Å². The van der Waals surface area contributed by atoms with Gasteiger partial charge in [0.1, 0.15) is 11.5 Å². The summed E-state index contributed by atoms with van der Waals surface area (Å²) in [5.41, 5.74) is 0. The Morgan fingerprint density at radius 3 is 2.62 bits per heavy atom. The molecular weight excluding hydrogens is 160 g/mol. The van der Waals surface area contributed by atoms with Crippen LogP contribution in [0.25, 0.3) is 0 Å². The predicted molar refractivity (Wildman–Crippen MR) is 53.2 cm³/mol. The summed E-state index contributed by atoms with van der Waals surface area (Å²) >= 11 is 0. The van der Waals surface area contributed by atoms with Gasteiger partial charge in [-0.25, -0.2) is 0 Å². The molecule has 1 aliphatic carbocycles. The first-order valence-corrected chi connectivity index (χ1v) is 4.38. The molecule has 2 rings (SSSR count). The standard InChI is InChI=1S/C12H11O/c1-3-7-11(8-4-1)13-12-9-5-2-6-10-12/h1-5,7-10H,6H2. The molecule has 0 saturated carbocycles. The molecule has 0 fully saturated rings. The first-order chi connectivity index (χ1) is 6.45. The lowest BCUT2D eigenvalue weighted by atomic mass is 10.2. The van der Waals surface area contributed by atoms with E-state index in [2.05, 4.69) is 12.5 Å². The summed E-state index contributed by atoms with van der Waals surface area (Å²) in [5, 5.41) is 0. The fraction of sp³-hybridized carbons (Fsp3) is 0.0833. The summed E-state index contributed by atoms with van der Waals surface area (Å²) in [7, 11) is 0. The average molecular weight is 171 g/mol. The van der Waals surface area contributed by atoms with E-state index in [1.54, 1.807) is 0 Å². The van der Waals surface area contributed by atoms with Crippen molar-refractivity contribution in [2.75, 3.05) is 0 Å². The van der Waals surface area contributed by atoms with Crippen LogP contribution in [-0.4, -0.2) is 0 Å². The maximum atomic E-state index is 5.61. The molecule has 0 amide bonds. The van der Waals surface area contributed by atoms with E-state index >= 15 is 0 Å². The maximum absolute atomic E-state index is 5.61. The summed E-state index contributed by atoms with van der Waals surface area (Å²) in [6, 6.07) is 9.81. The molecule has 0 spiro atoms. The van der Waals surface area contributed by atoms with Crippen LogP contribution in [0.5, 0.6) is 5.75 Å². The van der Waals surface area contributed by atoms with Gasteiger partial charge in [0.15, 0.2) is 0 Å². The van der Waals surface area contributed by atoms with Crippen molar-refractivity contribution in [2.45, 2.75) is 6.42 Å². The Hall–Kier alpha value is -1.50. The molecular formula is C12H11O. The average Bonchev–Trinajstić information content (AvgIpc) is 2.21. The maximum Gasteiger partial charge on any atom is 0.127 e. The van der Waals surface area contributed by atoms with Crippen molar-refractivity contribution in [3.8, 4) is 5.75 Å². The van der Waals surface area contributed by atoms with E-state index in [9.17, 15) is 0 Å². The smallest absolute Gasteiger partial charge is 0.127 e. The highest BCUT2D eigenvalue weighted by atomic mass is 16.5. The number of ether oxygens (including phenoxy) is 1. The Labute approximate surface area is 78.3 Å². The molecule has 0 N–H and O–H groups in total. The van der Waals surface area contributed by atoms with Crippen LogP contribution in [-0.2, 0) is 0 Å². The van der Waals surface area contributed by atoms with E-state index in [0.29, 0.717) is 0 Å². The molecule has 1 aromatic carbocycles. The lowest BCUT2D eigenvalue weighted by molar-refractivity contribution is 0.441. The molecule has 0 aromatic heterocycles. The van der Waals surface area contributed by atoms with Crippen molar-refractivity contribution in [3.63, 3.8) is 0 Å². The molecule has 13 heavy (non-hydrogen) atoms. The van der Waals surface area contributed by atoms with Crippen molar-refractivity contribution in [2.24, 2.45) is 0 Å². The quantitative estimate of drug-likeness (QED) is 0.664. The summed E-state index contributed by atoms with van der Waals surface area (Å²) in [5.74, 6) is 1.81. The van der Waals surface area contributed by atoms with Gasteiger partial charge in [-0.05, 0) is 37.1 Å². The summed E-state index contributed by atoms with van der Waals surface area (Å²) in [4.78, 5) is 0. The van der Waals surface area contributed by atoms with E-state index in [1.165, 1.54) is 0 Å². The zero-order valence-electron chi connectivity index (χ0n) is 7.31. The number of para-hydroxylation sites is 1. The minimum Gasteiger partial charge on any atom is -0.458 e. The van der Waals surface area contributed by atoms with Crippen molar-refractivity contribution in [3.05, 3.63) is 60.7 Å². The normalized spacial score (nSPS) is 15.2. The monoisotopic (exact) mass is 171 g/mol. The molecule has 1 heteroatoms. The molecule has 1 aromatic rings. The Morgan fingerprint density at radius 1 is 1.08 bits per heavy atom. The molecule has 1 radical (unpaired) electrons. The van der Waals surface area contributed by atoms with Crippen LogP contribution in [0.4, 0.5) is 0 Å². The topological polar surface area (TPSA) is 9.23 Å². The SMILES string of the molecule is [CH]1C=CC(Oc2ccccc2)=CC1. The minimum atomic E-state index is 0.889. The molecule has 0 bridgehead atoms. The fourth-order valence-electron chi connectivity index (χ4n) is 1.19. The van der Waals surface area contributed by atoms with Crippen LogP contribution < -0.4 is 4.74 Å². The first kappa shape index (κ1) is 8.11. The Balaban J connectivity index is 2.06. The van der Waals surface area contributed by atoms with Crippen molar-refractivity contribution >= 4 is 0 Å². The Bertz CT molecular complexity index is 322.